The summed E-state index contributed by atoms with van der Waals surface area (Å²) in [5, 5.41) is 0. The van der Waals surface area contributed by atoms with E-state index < -0.39 is 0 Å². The summed E-state index contributed by atoms with van der Waals surface area (Å²) in [5.74, 6) is 3.18. The van der Waals surface area contributed by atoms with Gasteiger partial charge in [-0.25, -0.2) is 0 Å². The molecule has 23 heavy (non-hydrogen) atoms. The van der Waals surface area contributed by atoms with E-state index in [1.165, 1.54) is 38.5 Å². The van der Waals surface area contributed by atoms with Gasteiger partial charge in [-0.3, -0.25) is 4.79 Å². The molecule has 2 rings (SSSR count). The molecule has 2 heteroatoms. The van der Waals surface area contributed by atoms with Crippen molar-refractivity contribution in [2.75, 3.05) is 0 Å². The fourth-order valence-electron chi connectivity index (χ4n) is 5.31. The third kappa shape index (κ3) is 3.94. The summed E-state index contributed by atoms with van der Waals surface area (Å²) >= 11 is 0. The highest BCUT2D eigenvalue weighted by Crippen LogP contribution is 2.51. The van der Waals surface area contributed by atoms with Crippen molar-refractivity contribution >= 4 is 5.97 Å². The van der Waals surface area contributed by atoms with Crippen molar-refractivity contribution < 1.29 is 9.53 Å². The van der Waals surface area contributed by atoms with Crippen LogP contribution >= 0.6 is 0 Å². The topological polar surface area (TPSA) is 26.3 Å². The van der Waals surface area contributed by atoms with Gasteiger partial charge in [0.2, 0.25) is 0 Å². The molecule has 2 aliphatic carbocycles. The Morgan fingerprint density at radius 1 is 1.13 bits per heavy atom. The van der Waals surface area contributed by atoms with Gasteiger partial charge >= 0.3 is 5.97 Å². The second-order valence-corrected chi connectivity index (χ2v) is 8.38. The minimum absolute atomic E-state index is 0.0267. The van der Waals surface area contributed by atoms with Crippen LogP contribution in [0.3, 0.4) is 0 Å². The molecule has 2 fully saturated rings. The van der Waals surface area contributed by atoms with E-state index in [0.717, 1.165) is 37.0 Å². The maximum absolute atomic E-state index is 12.5. The van der Waals surface area contributed by atoms with Crippen molar-refractivity contribution in [3.63, 3.8) is 0 Å². The summed E-state index contributed by atoms with van der Waals surface area (Å²) < 4.78 is 6.25. The van der Waals surface area contributed by atoms with Crippen molar-refractivity contribution in [1.82, 2.24) is 0 Å². The number of carbonyl (C=O) groups is 1. The third-order valence-corrected chi connectivity index (χ3v) is 7.10. The second kappa shape index (κ2) is 8.03. The monoisotopic (exact) mass is 322 g/mol. The number of carbonyl (C=O) groups excluding carboxylic acids is 1. The van der Waals surface area contributed by atoms with Gasteiger partial charge in [0, 0.05) is 5.92 Å². The van der Waals surface area contributed by atoms with Crippen LogP contribution in [0.1, 0.15) is 92.4 Å². The lowest BCUT2D eigenvalue weighted by Crippen LogP contribution is -2.45. The molecule has 5 unspecified atom stereocenters. The molecule has 2 nitrogen and oxygen atoms in total. The Bertz CT molecular complexity index is 385. The highest BCUT2D eigenvalue weighted by atomic mass is 16.6. The lowest BCUT2D eigenvalue weighted by Gasteiger charge is -2.42. The summed E-state index contributed by atoms with van der Waals surface area (Å²) in [6, 6.07) is 0. The predicted molar refractivity (Wildman–Crippen MR) is 96.2 cm³/mol. The van der Waals surface area contributed by atoms with Gasteiger partial charge in [0.15, 0.2) is 0 Å². The number of esters is 1. The van der Waals surface area contributed by atoms with E-state index in [2.05, 4.69) is 27.7 Å². The zero-order chi connectivity index (χ0) is 17.0. The van der Waals surface area contributed by atoms with E-state index in [-0.39, 0.29) is 17.5 Å². The van der Waals surface area contributed by atoms with Crippen LogP contribution in [0.2, 0.25) is 0 Å². The van der Waals surface area contributed by atoms with E-state index in [0.29, 0.717) is 5.92 Å². The van der Waals surface area contributed by atoms with Crippen LogP contribution in [0.4, 0.5) is 0 Å². The van der Waals surface area contributed by atoms with Gasteiger partial charge in [-0.05, 0) is 62.7 Å². The molecule has 0 N–H and O–H groups in total. The predicted octanol–water partition coefficient (Wildman–Crippen LogP) is 5.99. The van der Waals surface area contributed by atoms with Crippen LogP contribution < -0.4 is 0 Å². The zero-order valence-electron chi connectivity index (χ0n) is 16.1. The molecule has 0 spiro atoms. The average molecular weight is 323 g/mol. The van der Waals surface area contributed by atoms with Crippen LogP contribution in [-0.2, 0) is 9.53 Å². The van der Waals surface area contributed by atoms with E-state index in [1.54, 1.807) is 0 Å². The molecule has 0 saturated heterocycles. The first-order valence-electron chi connectivity index (χ1n) is 10.2. The van der Waals surface area contributed by atoms with Crippen molar-refractivity contribution in [3.05, 3.63) is 0 Å². The van der Waals surface area contributed by atoms with E-state index in [1.807, 2.05) is 6.92 Å². The van der Waals surface area contributed by atoms with Crippen LogP contribution in [-0.4, -0.2) is 11.6 Å². The first-order valence-corrected chi connectivity index (χ1v) is 10.2. The molecule has 0 aromatic rings. The molecule has 2 saturated carbocycles. The molecule has 0 amide bonds. The fraction of sp³-hybridized carbons (Fsp3) is 0.952. The third-order valence-electron chi connectivity index (χ3n) is 7.10. The zero-order valence-corrected chi connectivity index (χ0v) is 16.1. The summed E-state index contributed by atoms with van der Waals surface area (Å²) in [6.45, 7) is 10.9. The summed E-state index contributed by atoms with van der Waals surface area (Å²) in [4.78, 5) is 12.5. The van der Waals surface area contributed by atoms with Crippen molar-refractivity contribution in [1.29, 1.82) is 0 Å². The molecule has 0 aromatic heterocycles. The largest absolute Gasteiger partial charge is 0.459 e. The quantitative estimate of drug-likeness (QED) is 0.538. The molecule has 0 aromatic carbocycles. The standard InChI is InChI=1S/C21H38O2/c1-6-16(5)20(22)23-21(7-2,8-3)19-11-9-10-18(19)17-13-12-15(4)14-17/h15-19H,6-14H2,1-5H3. The first-order chi connectivity index (χ1) is 11.0. The maximum atomic E-state index is 12.5. The van der Waals surface area contributed by atoms with Crippen LogP contribution in [0.5, 0.6) is 0 Å². The number of rotatable bonds is 7. The minimum Gasteiger partial charge on any atom is -0.459 e. The molecule has 2 aliphatic rings. The van der Waals surface area contributed by atoms with Gasteiger partial charge in [0.25, 0.3) is 0 Å². The van der Waals surface area contributed by atoms with Gasteiger partial charge in [0.05, 0.1) is 5.92 Å². The van der Waals surface area contributed by atoms with Crippen LogP contribution in [0.15, 0.2) is 0 Å². The molecular formula is C21H38O2. The second-order valence-electron chi connectivity index (χ2n) is 8.38. The molecule has 0 heterocycles. The Hall–Kier alpha value is -0.530. The molecular weight excluding hydrogens is 284 g/mol. The summed E-state index contributed by atoms with van der Waals surface area (Å²) in [5.41, 5.74) is -0.215. The Kier molecular flexibility index (Phi) is 6.57. The minimum atomic E-state index is -0.215. The average Bonchev–Trinajstić information content (AvgIpc) is 3.20. The molecule has 134 valence electrons. The maximum Gasteiger partial charge on any atom is 0.309 e. The molecule has 0 aliphatic heterocycles. The summed E-state index contributed by atoms with van der Waals surface area (Å²) in [7, 11) is 0. The smallest absolute Gasteiger partial charge is 0.309 e. The van der Waals surface area contributed by atoms with Gasteiger partial charge in [-0.15, -0.1) is 0 Å². The Morgan fingerprint density at radius 3 is 2.35 bits per heavy atom. The van der Waals surface area contributed by atoms with Gasteiger partial charge in [-0.1, -0.05) is 47.5 Å². The lowest BCUT2D eigenvalue weighted by molar-refractivity contribution is -0.175. The van der Waals surface area contributed by atoms with Crippen LogP contribution in [0, 0.1) is 29.6 Å². The van der Waals surface area contributed by atoms with Crippen molar-refractivity contribution in [3.8, 4) is 0 Å². The van der Waals surface area contributed by atoms with E-state index >= 15 is 0 Å². The number of hydrogen-bond acceptors (Lipinski definition) is 2. The highest BCUT2D eigenvalue weighted by Gasteiger charge is 2.48. The molecule has 5 atom stereocenters. The molecule has 0 radical (unpaired) electrons. The van der Waals surface area contributed by atoms with Crippen molar-refractivity contribution in [2.24, 2.45) is 29.6 Å². The fourth-order valence-corrected chi connectivity index (χ4v) is 5.31. The Morgan fingerprint density at radius 2 is 1.83 bits per heavy atom. The highest BCUT2D eigenvalue weighted by molar-refractivity contribution is 5.72. The normalized spacial score (nSPS) is 32.9. The Balaban J connectivity index is 2.16. The Labute approximate surface area is 143 Å². The SMILES string of the molecule is CCC(C)C(=O)OC(CC)(CC)C1CCCC1C1CCC(C)C1. The lowest BCUT2D eigenvalue weighted by atomic mass is 9.71. The van der Waals surface area contributed by atoms with E-state index in [9.17, 15) is 4.79 Å². The molecule has 0 bridgehead atoms. The van der Waals surface area contributed by atoms with Gasteiger partial charge < -0.3 is 4.74 Å². The number of ether oxygens (including phenoxy) is 1. The van der Waals surface area contributed by atoms with Crippen LogP contribution in [0.25, 0.3) is 0 Å². The van der Waals surface area contributed by atoms with Gasteiger partial charge in [-0.2, -0.15) is 0 Å². The first kappa shape index (κ1) is 18.8. The van der Waals surface area contributed by atoms with E-state index in [4.69, 9.17) is 4.74 Å². The summed E-state index contributed by atoms with van der Waals surface area (Å²) in [6.07, 6.45) is 10.9. The van der Waals surface area contributed by atoms with Gasteiger partial charge in [0.1, 0.15) is 5.60 Å². The van der Waals surface area contributed by atoms with Crippen molar-refractivity contribution in [2.45, 2.75) is 98.0 Å². The number of hydrogen-bond donors (Lipinski definition) is 0.